The molecule has 2 fully saturated rings. The molecular weight excluding hydrogens is 214 g/mol. The molecule has 0 aromatic carbocycles. The predicted octanol–water partition coefficient (Wildman–Crippen LogP) is 1.75. The van der Waals surface area contributed by atoms with Crippen LogP contribution >= 0.6 is 0 Å². The summed E-state index contributed by atoms with van der Waals surface area (Å²) in [6.45, 7) is 1.92. The SMILES string of the molecule is C[C@H](C(=O)NC(C1CC1)C1CC1)n1ccnc1. The van der Waals surface area contributed by atoms with Crippen molar-refractivity contribution in [2.45, 2.75) is 44.7 Å². The molecule has 2 aliphatic carbocycles. The predicted molar refractivity (Wildman–Crippen MR) is 64.3 cm³/mol. The number of aromatic nitrogens is 2. The number of amides is 1. The van der Waals surface area contributed by atoms with Crippen molar-refractivity contribution >= 4 is 5.91 Å². The van der Waals surface area contributed by atoms with Crippen LogP contribution in [0.25, 0.3) is 0 Å². The molecule has 4 nitrogen and oxygen atoms in total. The van der Waals surface area contributed by atoms with Gasteiger partial charge in [-0.05, 0) is 44.4 Å². The van der Waals surface area contributed by atoms with E-state index in [1.54, 1.807) is 12.5 Å². The van der Waals surface area contributed by atoms with Crippen LogP contribution in [-0.4, -0.2) is 21.5 Å². The van der Waals surface area contributed by atoms with Crippen LogP contribution in [-0.2, 0) is 4.79 Å². The van der Waals surface area contributed by atoms with Crippen LogP contribution in [0.3, 0.4) is 0 Å². The third kappa shape index (κ3) is 2.35. The molecule has 17 heavy (non-hydrogen) atoms. The first-order chi connectivity index (χ1) is 8.25. The minimum absolute atomic E-state index is 0.131. The molecule has 2 saturated carbocycles. The van der Waals surface area contributed by atoms with Gasteiger partial charge in [0.15, 0.2) is 0 Å². The highest BCUT2D eigenvalue weighted by Gasteiger charge is 2.42. The molecule has 2 aliphatic rings. The Morgan fingerprint density at radius 1 is 1.35 bits per heavy atom. The summed E-state index contributed by atoms with van der Waals surface area (Å²) >= 11 is 0. The van der Waals surface area contributed by atoms with Crippen molar-refractivity contribution in [3.05, 3.63) is 18.7 Å². The molecule has 1 N–H and O–H groups in total. The van der Waals surface area contributed by atoms with E-state index in [4.69, 9.17) is 0 Å². The monoisotopic (exact) mass is 233 g/mol. The summed E-state index contributed by atoms with van der Waals surface area (Å²) in [5, 5.41) is 3.24. The Kier molecular flexibility index (Phi) is 2.65. The van der Waals surface area contributed by atoms with Crippen molar-refractivity contribution in [3.8, 4) is 0 Å². The van der Waals surface area contributed by atoms with Crippen LogP contribution in [0, 0.1) is 11.8 Å². The molecular formula is C13H19N3O. The Hall–Kier alpha value is -1.32. The van der Waals surface area contributed by atoms with Gasteiger partial charge in [-0.3, -0.25) is 4.79 Å². The highest BCUT2D eigenvalue weighted by molar-refractivity contribution is 5.80. The molecule has 92 valence electrons. The summed E-state index contributed by atoms with van der Waals surface area (Å²) in [5.74, 6) is 1.63. The van der Waals surface area contributed by atoms with E-state index in [0.717, 1.165) is 11.8 Å². The third-order valence-corrected chi connectivity index (χ3v) is 3.92. The molecule has 0 aliphatic heterocycles. The van der Waals surface area contributed by atoms with Gasteiger partial charge in [-0.25, -0.2) is 4.98 Å². The van der Waals surface area contributed by atoms with Gasteiger partial charge in [0, 0.05) is 18.4 Å². The van der Waals surface area contributed by atoms with Gasteiger partial charge in [0.2, 0.25) is 5.91 Å². The number of hydrogen-bond acceptors (Lipinski definition) is 2. The molecule has 0 bridgehead atoms. The fraction of sp³-hybridized carbons (Fsp3) is 0.692. The minimum atomic E-state index is -0.155. The Labute approximate surface area is 101 Å². The van der Waals surface area contributed by atoms with Crippen LogP contribution in [0.1, 0.15) is 38.6 Å². The number of nitrogens with one attached hydrogen (secondary N) is 1. The zero-order chi connectivity index (χ0) is 11.8. The number of imidazole rings is 1. The topological polar surface area (TPSA) is 46.9 Å². The van der Waals surface area contributed by atoms with Crippen LogP contribution < -0.4 is 5.32 Å². The molecule has 0 spiro atoms. The summed E-state index contributed by atoms with van der Waals surface area (Å²) in [4.78, 5) is 16.1. The van der Waals surface area contributed by atoms with Gasteiger partial charge in [0.1, 0.15) is 6.04 Å². The Morgan fingerprint density at radius 3 is 2.47 bits per heavy atom. The normalized spacial score (nSPS) is 21.5. The highest BCUT2D eigenvalue weighted by atomic mass is 16.2. The zero-order valence-electron chi connectivity index (χ0n) is 10.2. The van der Waals surface area contributed by atoms with Crippen molar-refractivity contribution in [2.75, 3.05) is 0 Å². The maximum absolute atomic E-state index is 12.2. The average Bonchev–Trinajstić information content (AvgIpc) is 3.25. The molecule has 1 aromatic heterocycles. The highest BCUT2D eigenvalue weighted by Crippen LogP contribution is 2.44. The molecule has 4 heteroatoms. The summed E-state index contributed by atoms with van der Waals surface area (Å²) in [5.41, 5.74) is 0. The van der Waals surface area contributed by atoms with Crippen molar-refractivity contribution in [1.82, 2.24) is 14.9 Å². The average molecular weight is 233 g/mol. The van der Waals surface area contributed by atoms with Crippen LogP contribution in [0.4, 0.5) is 0 Å². The Morgan fingerprint density at radius 2 is 2.00 bits per heavy atom. The first kappa shape index (κ1) is 10.8. The van der Waals surface area contributed by atoms with E-state index < -0.39 is 0 Å². The molecule has 0 radical (unpaired) electrons. The maximum Gasteiger partial charge on any atom is 0.243 e. The number of rotatable bonds is 5. The van der Waals surface area contributed by atoms with E-state index in [1.165, 1.54) is 25.7 Å². The quantitative estimate of drug-likeness (QED) is 0.842. The summed E-state index contributed by atoms with van der Waals surface area (Å²) in [6, 6.07) is 0.283. The molecule has 0 saturated heterocycles. The molecule has 3 rings (SSSR count). The van der Waals surface area contributed by atoms with Gasteiger partial charge < -0.3 is 9.88 Å². The Bertz CT molecular complexity index is 381. The van der Waals surface area contributed by atoms with Crippen molar-refractivity contribution < 1.29 is 4.79 Å². The molecule has 1 atom stereocenters. The van der Waals surface area contributed by atoms with Crippen LogP contribution in [0.2, 0.25) is 0 Å². The van der Waals surface area contributed by atoms with Crippen LogP contribution in [0.15, 0.2) is 18.7 Å². The fourth-order valence-corrected chi connectivity index (χ4v) is 2.45. The van der Waals surface area contributed by atoms with Gasteiger partial charge in [-0.2, -0.15) is 0 Å². The number of carbonyl (C=O) groups excluding carboxylic acids is 1. The Balaban J connectivity index is 1.61. The van der Waals surface area contributed by atoms with Gasteiger partial charge in [-0.1, -0.05) is 0 Å². The van der Waals surface area contributed by atoms with Gasteiger partial charge in [0.05, 0.1) is 6.33 Å². The summed E-state index contributed by atoms with van der Waals surface area (Å²) in [7, 11) is 0. The fourth-order valence-electron chi connectivity index (χ4n) is 2.45. The van der Waals surface area contributed by atoms with E-state index in [-0.39, 0.29) is 11.9 Å². The number of carbonyl (C=O) groups is 1. The lowest BCUT2D eigenvalue weighted by molar-refractivity contribution is -0.124. The summed E-state index contributed by atoms with van der Waals surface area (Å²) in [6.07, 6.45) is 10.4. The van der Waals surface area contributed by atoms with Crippen molar-refractivity contribution in [2.24, 2.45) is 11.8 Å². The van der Waals surface area contributed by atoms with E-state index >= 15 is 0 Å². The molecule has 1 amide bonds. The molecule has 0 unspecified atom stereocenters. The van der Waals surface area contributed by atoms with Crippen LogP contribution in [0.5, 0.6) is 0 Å². The first-order valence-corrected chi connectivity index (χ1v) is 6.53. The third-order valence-electron chi connectivity index (χ3n) is 3.92. The van der Waals surface area contributed by atoms with Gasteiger partial charge in [-0.15, -0.1) is 0 Å². The molecule has 1 aromatic rings. The van der Waals surface area contributed by atoms with Crippen molar-refractivity contribution in [3.63, 3.8) is 0 Å². The second-order valence-corrected chi connectivity index (χ2v) is 5.40. The first-order valence-electron chi connectivity index (χ1n) is 6.53. The largest absolute Gasteiger partial charge is 0.351 e. The lowest BCUT2D eigenvalue weighted by Gasteiger charge is -2.21. The van der Waals surface area contributed by atoms with E-state index in [0.29, 0.717) is 6.04 Å². The lowest BCUT2D eigenvalue weighted by atomic mass is 10.1. The second-order valence-electron chi connectivity index (χ2n) is 5.40. The van der Waals surface area contributed by atoms with Crippen molar-refractivity contribution in [1.29, 1.82) is 0 Å². The summed E-state index contributed by atoms with van der Waals surface area (Å²) < 4.78 is 1.85. The maximum atomic E-state index is 12.2. The van der Waals surface area contributed by atoms with E-state index in [2.05, 4.69) is 10.3 Å². The second kappa shape index (κ2) is 4.17. The smallest absolute Gasteiger partial charge is 0.243 e. The van der Waals surface area contributed by atoms with E-state index in [9.17, 15) is 4.79 Å². The minimum Gasteiger partial charge on any atom is -0.351 e. The van der Waals surface area contributed by atoms with E-state index in [1.807, 2.05) is 17.7 Å². The number of hydrogen-bond donors (Lipinski definition) is 1. The zero-order valence-corrected chi connectivity index (χ0v) is 10.2. The number of nitrogens with zero attached hydrogens (tertiary/aromatic N) is 2. The van der Waals surface area contributed by atoms with Gasteiger partial charge >= 0.3 is 0 Å². The molecule has 1 heterocycles. The van der Waals surface area contributed by atoms with Gasteiger partial charge in [0.25, 0.3) is 0 Å². The lowest BCUT2D eigenvalue weighted by Crippen LogP contribution is -2.41. The standard InChI is InChI=1S/C13H19N3O/c1-9(16-7-6-14-8-16)13(17)15-12(10-2-3-10)11-4-5-11/h6-12H,2-5H2,1H3,(H,15,17)/t9-/m1/s1.